The Labute approximate surface area is 82.3 Å². The minimum Gasteiger partial charge on any atom is -0.484 e. The standard InChI is InChI=1S/C11H12O3/c1-6(2)9-7-4-3-5-8(11(12)13)10(7)14-9/h3-6,9H,1-2H3,(H,12,13). The minimum absolute atomic E-state index is 0.0595. The van der Waals surface area contributed by atoms with Crippen LogP contribution in [0, 0.1) is 5.92 Å². The molecule has 1 aromatic carbocycles. The summed E-state index contributed by atoms with van der Waals surface area (Å²) in [4.78, 5) is 10.8. The number of carboxylic acid groups (broad SMARTS) is 1. The number of para-hydroxylation sites is 1. The van der Waals surface area contributed by atoms with Gasteiger partial charge in [0.05, 0.1) is 0 Å². The van der Waals surface area contributed by atoms with Crippen LogP contribution in [0.5, 0.6) is 5.75 Å². The van der Waals surface area contributed by atoms with E-state index in [4.69, 9.17) is 9.84 Å². The number of rotatable bonds is 2. The van der Waals surface area contributed by atoms with E-state index in [9.17, 15) is 4.79 Å². The largest absolute Gasteiger partial charge is 0.484 e. The van der Waals surface area contributed by atoms with Crippen LogP contribution in [0.1, 0.15) is 35.9 Å². The molecule has 1 aromatic rings. The van der Waals surface area contributed by atoms with Crippen LogP contribution in [0.25, 0.3) is 0 Å². The van der Waals surface area contributed by atoms with Gasteiger partial charge in [-0.05, 0) is 12.0 Å². The highest BCUT2D eigenvalue weighted by Crippen LogP contribution is 2.45. The average molecular weight is 192 g/mol. The normalized spacial score (nSPS) is 18.4. The number of carbonyl (C=O) groups is 1. The Kier molecular flexibility index (Phi) is 1.95. The lowest BCUT2D eigenvalue weighted by molar-refractivity contribution is 0.0653. The molecule has 0 saturated heterocycles. The average Bonchev–Trinajstić information content (AvgIpc) is 2.05. The lowest BCUT2D eigenvalue weighted by Crippen LogP contribution is -2.26. The van der Waals surface area contributed by atoms with Crippen LogP contribution in [0.4, 0.5) is 0 Å². The van der Waals surface area contributed by atoms with E-state index in [1.54, 1.807) is 12.1 Å². The van der Waals surface area contributed by atoms with Crippen LogP contribution in [-0.2, 0) is 0 Å². The topological polar surface area (TPSA) is 46.5 Å². The van der Waals surface area contributed by atoms with Crippen molar-refractivity contribution in [2.24, 2.45) is 5.92 Å². The third-order valence-electron chi connectivity index (χ3n) is 2.43. The van der Waals surface area contributed by atoms with E-state index in [0.717, 1.165) is 5.56 Å². The molecule has 74 valence electrons. The quantitative estimate of drug-likeness (QED) is 0.782. The van der Waals surface area contributed by atoms with Gasteiger partial charge in [-0.2, -0.15) is 0 Å². The Morgan fingerprint density at radius 3 is 2.79 bits per heavy atom. The molecule has 2 rings (SSSR count). The third kappa shape index (κ3) is 1.16. The molecule has 1 heterocycles. The molecule has 0 aromatic heterocycles. The lowest BCUT2D eigenvalue weighted by Gasteiger charge is -2.34. The second-order valence-electron chi connectivity index (χ2n) is 3.81. The maximum absolute atomic E-state index is 10.8. The zero-order valence-corrected chi connectivity index (χ0v) is 8.15. The van der Waals surface area contributed by atoms with Crippen LogP contribution in [0.2, 0.25) is 0 Å². The molecule has 3 nitrogen and oxygen atoms in total. The highest BCUT2D eigenvalue weighted by molar-refractivity contribution is 5.92. The van der Waals surface area contributed by atoms with Gasteiger partial charge in [0.25, 0.3) is 0 Å². The number of ether oxygens (including phenoxy) is 1. The summed E-state index contributed by atoms with van der Waals surface area (Å²) in [5.41, 5.74) is 1.28. The second kappa shape index (κ2) is 3.01. The van der Waals surface area contributed by atoms with E-state index in [1.165, 1.54) is 0 Å². The van der Waals surface area contributed by atoms with Crippen molar-refractivity contribution in [3.8, 4) is 5.75 Å². The lowest BCUT2D eigenvalue weighted by atomic mass is 9.91. The highest BCUT2D eigenvalue weighted by Gasteiger charge is 2.34. The van der Waals surface area contributed by atoms with Gasteiger partial charge in [-0.3, -0.25) is 0 Å². The fourth-order valence-electron chi connectivity index (χ4n) is 1.71. The Morgan fingerprint density at radius 2 is 2.21 bits per heavy atom. The van der Waals surface area contributed by atoms with Crippen molar-refractivity contribution in [1.82, 2.24) is 0 Å². The fourth-order valence-corrected chi connectivity index (χ4v) is 1.71. The molecular weight excluding hydrogens is 180 g/mol. The Hall–Kier alpha value is -1.51. The van der Waals surface area contributed by atoms with Gasteiger partial charge in [-0.25, -0.2) is 4.79 Å². The first kappa shape index (κ1) is 9.06. The smallest absolute Gasteiger partial charge is 0.339 e. The maximum Gasteiger partial charge on any atom is 0.339 e. The van der Waals surface area contributed by atoms with Gasteiger partial charge < -0.3 is 9.84 Å². The van der Waals surface area contributed by atoms with Crippen molar-refractivity contribution >= 4 is 5.97 Å². The van der Waals surface area contributed by atoms with Gasteiger partial charge in [0, 0.05) is 5.56 Å². The molecule has 1 N–H and O–H groups in total. The first-order valence-electron chi connectivity index (χ1n) is 4.64. The number of hydrogen-bond acceptors (Lipinski definition) is 2. The van der Waals surface area contributed by atoms with Crippen molar-refractivity contribution in [3.05, 3.63) is 29.3 Å². The molecule has 3 heteroatoms. The van der Waals surface area contributed by atoms with E-state index in [-0.39, 0.29) is 11.7 Å². The summed E-state index contributed by atoms with van der Waals surface area (Å²) >= 11 is 0. The molecule has 14 heavy (non-hydrogen) atoms. The van der Waals surface area contributed by atoms with Crippen LogP contribution < -0.4 is 4.74 Å². The number of benzene rings is 1. The van der Waals surface area contributed by atoms with Crippen molar-refractivity contribution in [1.29, 1.82) is 0 Å². The highest BCUT2D eigenvalue weighted by atomic mass is 16.5. The Bertz CT molecular complexity index is 382. The summed E-state index contributed by atoms with van der Waals surface area (Å²) in [5.74, 6) is -0.00528. The SMILES string of the molecule is CC(C)C1Oc2c(C(=O)O)cccc21. The molecule has 0 spiro atoms. The summed E-state index contributed by atoms with van der Waals surface area (Å²) in [6.07, 6.45) is 0.0595. The van der Waals surface area contributed by atoms with Gasteiger partial charge in [0.1, 0.15) is 17.4 Å². The molecule has 0 radical (unpaired) electrons. The van der Waals surface area contributed by atoms with E-state index < -0.39 is 5.97 Å². The maximum atomic E-state index is 10.8. The number of hydrogen-bond donors (Lipinski definition) is 1. The van der Waals surface area contributed by atoms with E-state index in [2.05, 4.69) is 13.8 Å². The molecule has 1 aliphatic rings. The van der Waals surface area contributed by atoms with Crippen LogP contribution in [0.3, 0.4) is 0 Å². The zero-order chi connectivity index (χ0) is 10.3. The molecule has 0 aliphatic carbocycles. The predicted molar refractivity (Wildman–Crippen MR) is 51.6 cm³/mol. The van der Waals surface area contributed by atoms with Crippen molar-refractivity contribution in [3.63, 3.8) is 0 Å². The Morgan fingerprint density at radius 1 is 1.50 bits per heavy atom. The minimum atomic E-state index is -0.927. The van der Waals surface area contributed by atoms with E-state index in [0.29, 0.717) is 11.7 Å². The monoisotopic (exact) mass is 192 g/mol. The van der Waals surface area contributed by atoms with Crippen molar-refractivity contribution in [2.45, 2.75) is 20.0 Å². The molecule has 0 bridgehead atoms. The molecule has 0 saturated carbocycles. The van der Waals surface area contributed by atoms with Crippen LogP contribution >= 0.6 is 0 Å². The van der Waals surface area contributed by atoms with Crippen LogP contribution in [-0.4, -0.2) is 11.1 Å². The first-order chi connectivity index (χ1) is 6.61. The van der Waals surface area contributed by atoms with E-state index >= 15 is 0 Å². The summed E-state index contributed by atoms with van der Waals surface area (Å²) in [6, 6.07) is 5.26. The van der Waals surface area contributed by atoms with Gasteiger partial charge in [-0.1, -0.05) is 26.0 Å². The number of fused-ring (bicyclic) bond motifs is 1. The molecule has 0 amide bonds. The fraction of sp³-hybridized carbons (Fsp3) is 0.364. The summed E-state index contributed by atoms with van der Waals surface area (Å²) in [6.45, 7) is 4.11. The Balaban J connectivity index is 2.40. The van der Waals surface area contributed by atoms with Crippen LogP contribution in [0.15, 0.2) is 18.2 Å². The molecule has 1 atom stereocenters. The van der Waals surface area contributed by atoms with Crippen molar-refractivity contribution in [2.75, 3.05) is 0 Å². The van der Waals surface area contributed by atoms with E-state index in [1.807, 2.05) is 6.07 Å². The molecule has 1 aliphatic heterocycles. The summed E-state index contributed by atoms with van der Waals surface area (Å²) in [5, 5.41) is 8.87. The zero-order valence-electron chi connectivity index (χ0n) is 8.15. The van der Waals surface area contributed by atoms with Crippen molar-refractivity contribution < 1.29 is 14.6 Å². The van der Waals surface area contributed by atoms with Gasteiger partial charge in [0.15, 0.2) is 0 Å². The first-order valence-corrected chi connectivity index (χ1v) is 4.64. The second-order valence-corrected chi connectivity index (χ2v) is 3.81. The molecular formula is C11H12O3. The summed E-state index contributed by atoms with van der Waals surface area (Å²) in [7, 11) is 0. The van der Waals surface area contributed by atoms with Gasteiger partial charge >= 0.3 is 5.97 Å². The van der Waals surface area contributed by atoms with Gasteiger partial charge in [-0.15, -0.1) is 0 Å². The van der Waals surface area contributed by atoms with Gasteiger partial charge in [0.2, 0.25) is 0 Å². The summed E-state index contributed by atoms with van der Waals surface area (Å²) < 4.78 is 5.46. The predicted octanol–water partition coefficient (Wildman–Crippen LogP) is 2.47. The number of carboxylic acids is 1. The molecule has 0 fully saturated rings. The third-order valence-corrected chi connectivity index (χ3v) is 2.43. The number of aromatic carboxylic acids is 1. The molecule has 1 unspecified atom stereocenters.